The number of rotatable bonds is 3. The molecule has 0 aliphatic carbocycles. The van der Waals surface area contributed by atoms with Crippen molar-refractivity contribution in [3.05, 3.63) is 12.4 Å². The van der Waals surface area contributed by atoms with E-state index in [9.17, 15) is 13.2 Å². The van der Waals surface area contributed by atoms with Crippen LogP contribution in [0.2, 0.25) is 0 Å². The van der Waals surface area contributed by atoms with Crippen molar-refractivity contribution in [3.8, 4) is 0 Å². The van der Waals surface area contributed by atoms with Crippen LogP contribution in [0.5, 0.6) is 0 Å². The molecule has 1 saturated heterocycles. The molecule has 0 unspecified atom stereocenters. The number of hydrogen-bond acceptors (Lipinski definition) is 4. The highest BCUT2D eigenvalue weighted by atomic mass is 32.2. The molecule has 0 bridgehead atoms. The van der Waals surface area contributed by atoms with Gasteiger partial charge in [0.15, 0.2) is 0 Å². The molecule has 0 radical (unpaired) electrons. The van der Waals surface area contributed by atoms with Crippen LogP contribution in [0.1, 0.15) is 20.3 Å². The summed E-state index contributed by atoms with van der Waals surface area (Å²) in [6.45, 7) is 5.44. The molecule has 0 spiro atoms. The van der Waals surface area contributed by atoms with E-state index < -0.39 is 10.0 Å². The molecule has 22 heavy (non-hydrogen) atoms. The fourth-order valence-electron chi connectivity index (χ4n) is 2.36. The van der Waals surface area contributed by atoms with Crippen LogP contribution in [-0.4, -0.2) is 65.7 Å². The summed E-state index contributed by atoms with van der Waals surface area (Å²) in [5, 5.41) is 6.75. The Bertz CT molecular complexity index is 625. The van der Waals surface area contributed by atoms with Crippen molar-refractivity contribution in [2.75, 3.05) is 26.2 Å². The lowest BCUT2D eigenvalue weighted by molar-refractivity contribution is 0.198. The van der Waals surface area contributed by atoms with E-state index in [1.807, 2.05) is 13.8 Å². The van der Waals surface area contributed by atoms with Crippen LogP contribution < -0.4 is 5.32 Å². The van der Waals surface area contributed by atoms with Gasteiger partial charge in [-0.25, -0.2) is 13.2 Å². The Morgan fingerprint density at radius 2 is 2.00 bits per heavy atom. The van der Waals surface area contributed by atoms with Gasteiger partial charge in [0.2, 0.25) is 10.0 Å². The quantitative estimate of drug-likeness (QED) is 0.860. The van der Waals surface area contributed by atoms with Crippen molar-refractivity contribution in [1.82, 2.24) is 24.3 Å². The molecule has 1 aliphatic rings. The minimum atomic E-state index is -3.55. The van der Waals surface area contributed by atoms with Crippen molar-refractivity contribution in [1.29, 1.82) is 0 Å². The monoisotopic (exact) mass is 329 g/mol. The molecule has 9 heteroatoms. The Balaban J connectivity index is 2.05. The van der Waals surface area contributed by atoms with Crippen molar-refractivity contribution in [3.63, 3.8) is 0 Å². The lowest BCUT2D eigenvalue weighted by Gasteiger charge is -2.23. The number of nitrogens with one attached hydrogen (secondary N) is 1. The van der Waals surface area contributed by atoms with E-state index in [2.05, 4.69) is 10.4 Å². The number of aryl methyl sites for hydroxylation is 1. The van der Waals surface area contributed by atoms with Gasteiger partial charge in [-0.3, -0.25) is 4.68 Å². The fraction of sp³-hybridized carbons (Fsp3) is 0.692. The Morgan fingerprint density at radius 3 is 2.59 bits per heavy atom. The Morgan fingerprint density at radius 1 is 1.27 bits per heavy atom. The third-order valence-corrected chi connectivity index (χ3v) is 5.32. The number of urea groups is 1. The van der Waals surface area contributed by atoms with E-state index in [0.29, 0.717) is 32.6 Å². The van der Waals surface area contributed by atoms with Gasteiger partial charge in [-0.05, 0) is 20.3 Å². The molecule has 2 rings (SSSR count). The number of carbonyl (C=O) groups excluding carboxylic acids is 1. The first-order valence-electron chi connectivity index (χ1n) is 7.35. The van der Waals surface area contributed by atoms with Crippen LogP contribution >= 0.6 is 0 Å². The molecule has 2 amide bonds. The van der Waals surface area contributed by atoms with E-state index in [1.165, 1.54) is 21.4 Å². The zero-order chi connectivity index (χ0) is 16.3. The van der Waals surface area contributed by atoms with Gasteiger partial charge in [0, 0.05) is 45.5 Å². The summed E-state index contributed by atoms with van der Waals surface area (Å²) in [4.78, 5) is 13.9. The molecule has 1 aliphatic heterocycles. The lowest BCUT2D eigenvalue weighted by Crippen LogP contribution is -2.44. The van der Waals surface area contributed by atoms with Gasteiger partial charge in [-0.1, -0.05) is 0 Å². The normalized spacial score (nSPS) is 17.5. The standard InChI is InChI=1S/C13H23N5O3S/c1-11(2)15-13(19)17-5-4-6-18(8-7-17)22(20,21)12-9-14-16(3)10-12/h9-11H,4-8H2,1-3H3,(H,15,19). The topological polar surface area (TPSA) is 87.5 Å². The van der Waals surface area contributed by atoms with Crippen molar-refractivity contribution in [2.24, 2.45) is 7.05 Å². The Labute approximate surface area is 131 Å². The summed E-state index contributed by atoms with van der Waals surface area (Å²) >= 11 is 0. The number of sulfonamides is 1. The number of carbonyl (C=O) groups is 1. The van der Waals surface area contributed by atoms with E-state index in [4.69, 9.17) is 0 Å². The Hall–Kier alpha value is -1.61. The molecule has 1 N–H and O–H groups in total. The molecule has 124 valence electrons. The molecule has 1 fully saturated rings. The van der Waals surface area contributed by atoms with Crippen molar-refractivity contribution < 1.29 is 13.2 Å². The molecular formula is C13H23N5O3S. The van der Waals surface area contributed by atoms with Crippen LogP contribution in [-0.2, 0) is 17.1 Å². The summed E-state index contributed by atoms with van der Waals surface area (Å²) in [5.74, 6) is 0. The summed E-state index contributed by atoms with van der Waals surface area (Å²) in [6.07, 6.45) is 3.46. The van der Waals surface area contributed by atoms with Crippen LogP contribution in [0.3, 0.4) is 0 Å². The second kappa shape index (κ2) is 6.66. The molecule has 2 heterocycles. The molecule has 0 saturated carbocycles. The highest BCUT2D eigenvalue weighted by Crippen LogP contribution is 2.16. The highest BCUT2D eigenvalue weighted by Gasteiger charge is 2.29. The minimum Gasteiger partial charge on any atom is -0.336 e. The SMILES string of the molecule is CC(C)NC(=O)N1CCCN(S(=O)(=O)c2cnn(C)c2)CC1. The lowest BCUT2D eigenvalue weighted by atomic mass is 10.4. The summed E-state index contributed by atoms with van der Waals surface area (Å²) < 4.78 is 28.0. The molecule has 1 aromatic heterocycles. The Kier molecular flexibility index (Phi) is 5.07. The first-order valence-corrected chi connectivity index (χ1v) is 8.79. The van der Waals surface area contributed by atoms with Crippen molar-refractivity contribution in [2.45, 2.75) is 31.2 Å². The second-order valence-corrected chi connectivity index (χ2v) is 7.64. The predicted molar refractivity (Wildman–Crippen MR) is 81.8 cm³/mol. The highest BCUT2D eigenvalue weighted by molar-refractivity contribution is 7.89. The first-order chi connectivity index (χ1) is 10.3. The number of nitrogens with zero attached hydrogens (tertiary/aromatic N) is 4. The van der Waals surface area contributed by atoms with Crippen molar-refractivity contribution >= 4 is 16.1 Å². The summed E-state index contributed by atoms with van der Waals surface area (Å²) in [7, 11) is -1.87. The average Bonchev–Trinajstić information content (AvgIpc) is 2.73. The number of amides is 2. The van der Waals surface area contributed by atoms with Gasteiger partial charge in [0.25, 0.3) is 0 Å². The van der Waals surface area contributed by atoms with E-state index in [1.54, 1.807) is 11.9 Å². The maximum absolute atomic E-state index is 12.6. The van der Waals surface area contributed by atoms with Gasteiger partial charge >= 0.3 is 6.03 Å². The molecular weight excluding hydrogens is 306 g/mol. The molecule has 8 nitrogen and oxygen atoms in total. The van der Waals surface area contributed by atoms with Gasteiger partial charge in [-0.15, -0.1) is 0 Å². The van der Waals surface area contributed by atoms with E-state index in [0.717, 1.165) is 0 Å². The minimum absolute atomic E-state index is 0.0611. The van der Waals surface area contributed by atoms with Crippen LogP contribution in [0.4, 0.5) is 4.79 Å². The zero-order valence-corrected chi connectivity index (χ0v) is 14.0. The maximum atomic E-state index is 12.6. The van der Waals surface area contributed by atoms with Gasteiger partial charge in [0.05, 0.1) is 6.20 Å². The third kappa shape index (κ3) is 3.77. The molecule has 1 aromatic rings. The largest absolute Gasteiger partial charge is 0.336 e. The zero-order valence-electron chi connectivity index (χ0n) is 13.2. The third-order valence-electron chi connectivity index (χ3n) is 3.47. The predicted octanol–water partition coefficient (Wildman–Crippen LogP) is 0.235. The van der Waals surface area contributed by atoms with Gasteiger partial charge < -0.3 is 10.2 Å². The molecule has 0 atom stereocenters. The number of aromatic nitrogens is 2. The maximum Gasteiger partial charge on any atom is 0.317 e. The first kappa shape index (κ1) is 16.8. The van der Waals surface area contributed by atoms with E-state index >= 15 is 0 Å². The summed E-state index contributed by atoms with van der Waals surface area (Å²) in [5.41, 5.74) is 0. The van der Waals surface area contributed by atoms with Crippen LogP contribution in [0.15, 0.2) is 17.3 Å². The van der Waals surface area contributed by atoms with Gasteiger partial charge in [0.1, 0.15) is 4.90 Å². The second-order valence-electron chi connectivity index (χ2n) is 5.70. The average molecular weight is 329 g/mol. The number of hydrogen-bond donors (Lipinski definition) is 1. The fourth-order valence-corrected chi connectivity index (χ4v) is 3.81. The van der Waals surface area contributed by atoms with E-state index in [-0.39, 0.29) is 17.0 Å². The summed E-state index contributed by atoms with van der Waals surface area (Å²) in [6, 6.07) is -0.0818. The van der Waals surface area contributed by atoms with Gasteiger partial charge in [-0.2, -0.15) is 9.40 Å². The smallest absolute Gasteiger partial charge is 0.317 e. The van der Waals surface area contributed by atoms with Crippen LogP contribution in [0, 0.1) is 0 Å². The van der Waals surface area contributed by atoms with Crippen LogP contribution in [0.25, 0.3) is 0 Å². The molecule has 0 aromatic carbocycles.